The largest absolute Gasteiger partial charge is 0.462 e. The molecule has 1 unspecified atom stereocenters. The third-order valence-corrected chi connectivity index (χ3v) is 5.87. The van der Waals surface area contributed by atoms with Crippen LogP contribution in [0.2, 0.25) is 0 Å². The summed E-state index contributed by atoms with van der Waals surface area (Å²) < 4.78 is 4.94. The van der Waals surface area contributed by atoms with Gasteiger partial charge < -0.3 is 15.0 Å². The van der Waals surface area contributed by atoms with Gasteiger partial charge in [0.15, 0.2) is 5.16 Å². The molecule has 1 heterocycles. The summed E-state index contributed by atoms with van der Waals surface area (Å²) in [6, 6.07) is 7.98. The average molecular weight is 436 g/mol. The van der Waals surface area contributed by atoms with Gasteiger partial charge in [-0.3, -0.25) is 9.59 Å². The zero-order valence-corrected chi connectivity index (χ0v) is 18.3. The fourth-order valence-electron chi connectivity index (χ4n) is 2.30. The van der Waals surface area contributed by atoms with Crippen LogP contribution in [0.25, 0.3) is 0 Å². The summed E-state index contributed by atoms with van der Waals surface area (Å²) in [4.78, 5) is 43.1. The Bertz CT molecular complexity index is 884. The van der Waals surface area contributed by atoms with Crippen molar-refractivity contribution in [1.29, 1.82) is 0 Å². The number of hydrogen-bond acceptors (Lipinski definition) is 7. The molecular weight excluding hydrogens is 410 g/mol. The van der Waals surface area contributed by atoms with Crippen molar-refractivity contribution in [3.05, 3.63) is 51.9 Å². The maximum Gasteiger partial charge on any atom is 0.338 e. The van der Waals surface area contributed by atoms with E-state index < -0.39 is 11.2 Å². The SMILES string of the molecule is CCCSCc1cc(=O)[nH]c(SC(C)C(=O)Nc2ccc(C(=O)OCC)cc2)n1. The number of rotatable bonds is 10. The second-order valence-corrected chi connectivity index (χ2v) is 8.58. The molecule has 1 aromatic heterocycles. The first kappa shape index (κ1) is 23.0. The number of carbonyl (C=O) groups excluding carboxylic acids is 2. The van der Waals surface area contributed by atoms with E-state index in [1.54, 1.807) is 49.9 Å². The lowest BCUT2D eigenvalue weighted by molar-refractivity contribution is -0.115. The standard InChI is InChI=1S/C20H25N3O4S2/c1-4-10-28-12-16-11-17(24)23-20(22-16)29-13(3)18(25)21-15-8-6-14(7-9-15)19(26)27-5-2/h6-9,11,13H,4-5,10,12H2,1-3H3,(H,21,25)(H,22,23,24). The molecule has 29 heavy (non-hydrogen) atoms. The Morgan fingerprint density at radius 3 is 2.62 bits per heavy atom. The van der Waals surface area contributed by atoms with Crippen LogP contribution in [0.3, 0.4) is 0 Å². The van der Waals surface area contributed by atoms with Crippen LogP contribution in [0.1, 0.15) is 43.2 Å². The maximum absolute atomic E-state index is 12.5. The van der Waals surface area contributed by atoms with Gasteiger partial charge in [0.05, 0.1) is 23.1 Å². The van der Waals surface area contributed by atoms with E-state index in [0.717, 1.165) is 12.2 Å². The number of nitrogens with one attached hydrogen (secondary N) is 2. The molecule has 0 fully saturated rings. The van der Waals surface area contributed by atoms with Gasteiger partial charge in [0.25, 0.3) is 5.56 Å². The highest BCUT2D eigenvalue weighted by atomic mass is 32.2. The fraction of sp³-hybridized carbons (Fsp3) is 0.400. The van der Waals surface area contributed by atoms with Crippen molar-refractivity contribution in [2.24, 2.45) is 0 Å². The van der Waals surface area contributed by atoms with Crippen LogP contribution in [-0.4, -0.2) is 39.5 Å². The van der Waals surface area contributed by atoms with E-state index in [9.17, 15) is 14.4 Å². The summed E-state index contributed by atoms with van der Waals surface area (Å²) in [5.41, 5.74) is 1.47. The van der Waals surface area contributed by atoms with Crippen LogP contribution in [0.15, 0.2) is 40.3 Å². The Kier molecular flexibility index (Phi) is 9.27. The minimum atomic E-state index is -0.471. The van der Waals surface area contributed by atoms with Gasteiger partial charge in [0.1, 0.15) is 0 Å². The van der Waals surface area contributed by atoms with E-state index in [0.29, 0.717) is 34.5 Å². The van der Waals surface area contributed by atoms with Crippen molar-refractivity contribution in [2.45, 2.75) is 43.4 Å². The molecule has 0 saturated carbocycles. The molecule has 0 bridgehead atoms. The van der Waals surface area contributed by atoms with E-state index in [4.69, 9.17) is 4.74 Å². The van der Waals surface area contributed by atoms with Crippen LogP contribution < -0.4 is 10.9 Å². The van der Waals surface area contributed by atoms with Crippen LogP contribution >= 0.6 is 23.5 Å². The van der Waals surface area contributed by atoms with Crippen molar-refractivity contribution >= 4 is 41.1 Å². The van der Waals surface area contributed by atoms with Crippen LogP contribution in [0, 0.1) is 0 Å². The molecule has 0 aliphatic rings. The zero-order valence-electron chi connectivity index (χ0n) is 16.7. The predicted molar refractivity (Wildman–Crippen MR) is 118 cm³/mol. The summed E-state index contributed by atoms with van der Waals surface area (Å²) in [5, 5.41) is 2.75. The first-order valence-corrected chi connectivity index (χ1v) is 11.4. The molecule has 0 spiro atoms. The molecule has 156 valence electrons. The summed E-state index contributed by atoms with van der Waals surface area (Å²) >= 11 is 2.91. The number of ether oxygens (including phenoxy) is 1. The average Bonchev–Trinajstić information content (AvgIpc) is 2.68. The second-order valence-electron chi connectivity index (χ2n) is 6.14. The minimum absolute atomic E-state index is 0.225. The normalized spacial score (nSPS) is 11.7. The quantitative estimate of drug-likeness (QED) is 0.254. The van der Waals surface area contributed by atoms with E-state index >= 15 is 0 Å². The molecule has 2 aromatic rings. The van der Waals surface area contributed by atoms with E-state index in [-0.39, 0.29) is 11.5 Å². The summed E-state index contributed by atoms with van der Waals surface area (Å²) in [6.45, 7) is 5.89. The number of benzene rings is 1. The van der Waals surface area contributed by atoms with Gasteiger partial charge in [-0.1, -0.05) is 18.7 Å². The molecule has 1 amide bonds. The Balaban J connectivity index is 1.96. The number of esters is 1. The number of aromatic amines is 1. The molecule has 1 aromatic carbocycles. The molecule has 2 N–H and O–H groups in total. The molecule has 1 atom stereocenters. The number of hydrogen-bond donors (Lipinski definition) is 2. The van der Waals surface area contributed by atoms with Gasteiger partial charge in [-0.05, 0) is 50.3 Å². The summed E-state index contributed by atoms with van der Waals surface area (Å²) in [7, 11) is 0. The lowest BCUT2D eigenvalue weighted by Gasteiger charge is -2.12. The number of carbonyl (C=O) groups is 2. The molecule has 0 aliphatic carbocycles. The highest BCUT2D eigenvalue weighted by molar-refractivity contribution is 8.00. The minimum Gasteiger partial charge on any atom is -0.462 e. The van der Waals surface area contributed by atoms with Crippen molar-refractivity contribution in [3.8, 4) is 0 Å². The lowest BCUT2D eigenvalue weighted by Crippen LogP contribution is -2.23. The number of anilines is 1. The number of aromatic nitrogens is 2. The van der Waals surface area contributed by atoms with Crippen LogP contribution in [-0.2, 0) is 15.3 Å². The molecule has 0 aliphatic heterocycles. The second kappa shape index (κ2) is 11.7. The first-order chi connectivity index (χ1) is 13.9. The highest BCUT2D eigenvalue weighted by Crippen LogP contribution is 2.21. The third-order valence-electron chi connectivity index (χ3n) is 3.69. The van der Waals surface area contributed by atoms with E-state index in [1.165, 1.54) is 17.8 Å². The number of nitrogens with zero attached hydrogens (tertiary/aromatic N) is 1. The molecule has 9 heteroatoms. The molecule has 7 nitrogen and oxygen atoms in total. The van der Waals surface area contributed by atoms with Gasteiger partial charge >= 0.3 is 5.97 Å². The van der Waals surface area contributed by atoms with Gasteiger partial charge in [0, 0.05) is 17.5 Å². The van der Waals surface area contributed by atoms with Gasteiger partial charge in [-0.15, -0.1) is 0 Å². The molecule has 2 rings (SSSR count). The Labute approximate surface area is 178 Å². The molecule has 0 saturated heterocycles. The third kappa shape index (κ3) is 7.58. The van der Waals surface area contributed by atoms with Crippen molar-refractivity contribution in [1.82, 2.24) is 9.97 Å². The van der Waals surface area contributed by atoms with Crippen LogP contribution in [0.5, 0.6) is 0 Å². The van der Waals surface area contributed by atoms with Crippen molar-refractivity contribution < 1.29 is 14.3 Å². The fourth-order valence-corrected chi connectivity index (χ4v) is 3.92. The maximum atomic E-state index is 12.5. The summed E-state index contributed by atoms with van der Waals surface area (Å²) in [6.07, 6.45) is 1.06. The monoisotopic (exact) mass is 435 g/mol. The van der Waals surface area contributed by atoms with Gasteiger partial charge in [-0.2, -0.15) is 11.8 Å². The lowest BCUT2D eigenvalue weighted by atomic mass is 10.2. The van der Waals surface area contributed by atoms with Gasteiger partial charge in [-0.25, -0.2) is 9.78 Å². The predicted octanol–water partition coefficient (Wildman–Crippen LogP) is 3.71. The van der Waals surface area contributed by atoms with Crippen LogP contribution in [0.4, 0.5) is 5.69 Å². The Morgan fingerprint density at radius 1 is 1.24 bits per heavy atom. The molecule has 0 radical (unpaired) electrons. The first-order valence-electron chi connectivity index (χ1n) is 9.35. The number of H-pyrrole nitrogens is 1. The van der Waals surface area contributed by atoms with E-state index in [1.807, 2.05) is 0 Å². The highest BCUT2D eigenvalue weighted by Gasteiger charge is 2.17. The zero-order chi connectivity index (χ0) is 21.2. The topological polar surface area (TPSA) is 101 Å². The van der Waals surface area contributed by atoms with E-state index in [2.05, 4.69) is 22.2 Å². The summed E-state index contributed by atoms with van der Waals surface area (Å²) in [5.74, 6) is 1.04. The Hall–Kier alpha value is -2.26. The smallest absolute Gasteiger partial charge is 0.338 e. The van der Waals surface area contributed by atoms with Crippen molar-refractivity contribution in [2.75, 3.05) is 17.7 Å². The number of thioether (sulfide) groups is 2. The van der Waals surface area contributed by atoms with Gasteiger partial charge in [0.2, 0.25) is 5.91 Å². The molecular formula is C20H25N3O4S2. The number of amides is 1. The van der Waals surface area contributed by atoms with Crippen molar-refractivity contribution in [3.63, 3.8) is 0 Å². The Morgan fingerprint density at radius 2 is 1.97 bits per heavy atom.